The minimum absolute atomic E-state index is 1.34. The topological polar surface area (TPSA) is 0 Å². The monoisotopic (exact) mass is 142 g/mol. The smallest absolute Gasteiger partial charge is 0.00297 e. The predicted octanol–water partition coefficient (Wildman–Crippen LogP) is 3.86. The van der Waals surface area contributed by atoms with Crippen LogP contribution in [0.2, 0.25) is 0 Å². The van der Waals surface area contributed by atoms with Gasteiger partial charge in [-0.3, -0.25) is 0 Å². The highest BCUT2D eigenvalue weighted by Crippen LogP contribution is 1.88. The van der Waals surface area contributed by atoms with Crippen molar-refractivity contribution in [2.45, 2.75) is 53.9 Å². The molecule has 0 amide bonds. The molecule has 0 fully saturated rings. The second-order valence-electron chi connectivity index (χ2n) is 1.64. The normalized spacial score (nSPS) is 5.60. The average Bonchev–Trinajstić information content (AvgIpc) is 1.96. The number of hydrogen-bond donors (Lipinski definition) is 0. The van der Waals surface area contributed by atoms with Crippen LogP contribution in [0.1, 0.15) is 53.9 Å². The van der Waals surface area contributed by atoms with Crippen molar-refractivity contribution >= 4 is 0 Å². The van der Waals surface area contributed by atoms with Gasteiger partial charge in [-0.1, -0.05) is 47.0 Å². The summed E-state index contributed by atoms with van der Waals surface area (Å²) < 4.78 is 0. The van der Waals surface area contributed by atoms with E-state index in [-0.39, 0.29) is 0 Å². The largest absolute Gasteiger partial charge is 0.120 e. The molecule has 0 radical (unpaired) electrons. The lowest BCUT2D eigenvalue weighted by atomic mass is 10.3. The molecule has 0 bridgehead atoms. The van der Waals surface area contributed by atoms with Gasteiger partial charge in [0.05, 0.1) is 0 Å². The van der Waals surface area contributed by atoms with Crippen LogP contribution in [0.15, 0.2) is 0 Å². The van der Waals surface area contributed by atoms with Crippen molar-refractivity contribution in [3.05, 3.63) is 0 Å². The third-order valence-corrected chi connectivity index (χ3v) is 0.707. The predicted molar refractivity (Wildman–Crippen MR) is 51.1 cm³/mol. The summed E-state index contributed by atoms with van der Waals surface area (Å²) in [6.07, 6.45) is 8.67. The Morgan fingerprint density at radius 1 is 1.10 bits per heavy atom. The third kappa shape index (κ3) is 134. The van der Waals surface area contributed by atoms with E-state index in [1.807, 2.05) is 13.8 Å². The molecule has 0 unspecified atom stereocenters. The van der Waals surface area contributed by atoms with Gasteiger partial charge in [-0.15, -0.1) is 12.3 Å². The molecule has 0 aromatic heterocycles. The zero-order chi connectivity index (χ0) is 8.83. The van der Waals surface area contributed by atoms with Gasteiger partial charge < -0.3 is 0 Å². The Hall–Kier alpha value is -0.440. The number of hydrogen-bond acceptors (Lipinski definition) is 0. The van der Waals surface area contributed by atoms with Gasteiger partial charge in [0.2, 0.25) is 0 Å². The molecule has 0 heterocycles. The molecule has 0 atom stereocenters. The van der Waals surface area contributed by atoms with Gasteiger partial charge >= 0.3 is 0 Å². The van der Waals surface area contributed by atoms with Crippen LogP contribution in [0.25, 0.3) is 0 Å². The molecule has 0 heteroatoms. The van der Waals surface area contributed by atoms with Crippen molar-refractivity contribution in [3.8, 4) is 12.3 Å². The quantitative estimate of drug-likeness (QED) is 0.513. The maximum absolute atomic E-state index is 4.60. The molecule has 0 aromatic carbocycles. The summed E-state index contributed by atoms with van der Waals surface area (Å²) in [6, 6.07) is 0. The van der Waals surface area contributed by atoms with Crippen LogP contribution in [0.4, 0.5) is 0 Å². The van der Waals surface area contributed by atoms with Crippen LogP contribution in [0.5, 0.6) is 0 Å². The van der Waals surface area contributed by atoms with E-state index in [0.29, 0.717) is 0 Å². The summed E-state index contributed by atoms with van der Waals surface area (Å²) in [5.74, 6) is 2.25. The first-order valence-electron chi connectivity index (χ1n) is 4.20. The lowest BCUT2D eigenvalue weighted by Gasteiger charge is -1.79. The summed E-state index contributed by atoms with van der Waals surface area (Å²) in [5, 5.41) is 0. The first-order valence-corrected chi connectivity index (χ1v) is 4.20. The maximum atomic E-state index is 4.60. The lowest BCUT2D eigenvalue weighted by molar-refractivity contribution is 0.772. The van der Waals surface area contributed by atoms with E-state index < -0.39 is 0 Å². The van der Waals surface area contributed by atoms with Crippen molar-refractivity contribution < 1.29 is 0 Å². The summed E-state index contributed by atoms with van der Waals surface area (Å²) in [6.45, 7) is 10.1. The molecule has 0 nitrogen and oxygen atoms in total. The summed E-state index contributed by atoms with van der Waals surface area (Å²) in [4.78, 5) is 0. The van der Waals surface area contributed by atoms with Crippen molar-refractivity contribution in [2.75, 3.05) is 0 Å². The summed E-state index contributed by atoms with van der Waals surface area (Å²) in [7, 11) is 0. The molecule has 0 aliphatic rings. The van der Waals surface area contributed by atoms with E-state index in [1.54, 1.807) is 6.92 Å². The second kappa shape index (κ2) is 38.6. The Kier molecular flexibility index (Phi) is 62.8. The van der Waals surface area contributed by atoms with Crippen molar-refractivity contribution in [1.82, 2.24) is 0 Å². The Morgan fingerprint density at radius 3 is 1.30 bits per heavy atom. The van der Waals surface area contributed by atoms with Crippen LogP contribution in [-0.2, 0) is 0 Å². The van der Waals surface area contributed by atoms with E-state index in [4.69, 9.17) is 0 Å². The lowest BCUT2D eigenvalue weighted by Crippen LogP contribution is -1.59. The number of rotatable bonds is 2. The first kappa shape index (κ1) is 16.3. The molecule has 0 saturated heterocycles. The summed E-state index contributed by atoms with van der Waals surface area (Å²) in [5.41, 5.74) is 0. The van der Waals surface area contributed by atoms with Gasteiger partial charge in [0, 0.05) is 0 Å². The minimum Gasteiger partial charge on any atom is -0.120 e. The molecule has 0 aliphatic carbocycles. The Morgan fingerprint density at radius 2 is 1.30 bits per heavy atom. The molecular formula is C10H22. The Bertz CT molecular complexity index is 45.5. The van der Waals surface area contributed by atoms with Crippen molar-refractivity contribution in [3.63, 3.8) is 0 Å². The Labute approximate surface area is 67.0 Å². The van der Waals surface area contributed by atoms with E-state index >= 15 is 0 Å². The van der Waals surface area contributed by atoms with Crippen molar-refractivity contribution in [1.29, 1.82) is 0 Å². The van der Waals surface area contributed by atoms with Crippen LogP contribution < -0.4 is 0 Å². The van der Waals surface area contributed by atoms with E-state index in [0.717, 1.165) is 0 Å². The third-order valence-electron chi connectivity index (χ3n) is 0.707. The molecular weight excluding hydrogens is 120 g/mol. The van der Waals surface area contributed by atoms with Gasteiger partial charge in [0.25, 0.3) is 0 Å². The second-order valence-corrected chi connectivity index (χ2v) is 1.64. The van der Waals surface area contributed by atoms with Crippen LogP contribution in [-0.4, -0.2) is 0 Å². The molecule has 0 aliphatic heterocycles. The molecule has 0 spiro atoms. The fourth-order valence-electron chi connectivity index (χ4n) is 0.354. The SMILES string of the molecule is C#CC.CC.CCCCC. The standard InChI is InChI=1S/C5H12.C3H4.C2H6/c1-3-5-4-2;1-3-2;1-2/h3-5H2,1-2H3;1H,2H3;1-2H3. The van der Waals surface area contributed by atoms with E-state index in [2.05, 4.69) is 26.2 Å². The van der Waals surface area contributed by atoms with Crippen LogP contribution in [0, 0.1) is 12.3 Å². The highest BCUT2D eigenvalue weighted by atomic mass is 13.7. The highest BCUT2D eigenvalue weighted by Gasteiger charge is 1.68. The molecule has 0 saturated carbocycles. The zero-order valence-corrected chi connectivity index (χ0v) is 8.20. The fraction of sp³-hybridized carbons (Fsp3) is 0.800. The average molecular weight is 142 g/mol. The summed E-state index contributed by atoms with van der Waals surface area (Å²) >= 11 is 0. The zero-order valence-electron chi connectivity index (χ0n) is 8.20. The maximum Gasteiger partial charge on any atom is -0.00297 e. The fourth-order valence-corrected chi connectivity index (χ4v) is 0.354. The minimum atomic E-state index is 1.34. The van der Waals surface area contributed by atoms with Crippen molar-refractivity contribution in [2.24, 2.45) is 0 Å². The van der Waals surface area contributed by atoms with Gasteiger partial charge in [-0.2, -0.15) is 0 Å². The van der Waals surface area contributed by atoms with Crippen LogP contribution >= 0.6 is 0 Å². The molecule has 0 N–H and O–H groups in total. The van der Waals surface area contributed by atoms with Gasteiger partial charge in [-0.25, -0.2) is 0 Å². The van der Waals surface area contributed by atoms with Crippen LogP contribution in [0.3, 0.4) is 0 Å². The van der Waals surface area contributed by atoms with Gasteiger partial charge in [0.15, 0.2) is 0 Å². The molecule has 10 heavy (non-hydrogen) atoms. The molecule has 0 aromatic rings. The van der Waals surface area contributed by atoms with Gasteiger partial charge in [-0.05, 0) is 6.92 Å². The van der Waals surface area contributed by atoms with Gasteiger partial charge in [0.1, 0.15) is 0 Å². The number of unbranched alkanes of at least 4 members (excludes halogenated alkanes) is 2. The first-order chi connectivity index (χ1) is 4.83. The Balaban J connectivity index is -0.0000000847. The number of terminal acetylenes is 1. The highest BCUT2D eigenvalue weighted by molar-refractivity contribution is 4.73. The van der Waals surface area contributed by atoms with E-state index in [1.165, 1.54) is 19.3 Å². The molecule has 62 valence electrons. The van der Waals surface area contributed by atoms with E-state index in [9.17, 15) is 0 Å². The molecule has 0 rings (SSSR count).